The Kier molecular flexibility index (Phi) is 3.11. The van der Waals surface area contributed by atoms with Crippen molar-refractivity contribution in [3.63, 3.8) is 0 Å². The van der Waals surface area contributed by atoms with Crippen molar-refractivity contribution in [2.45, 2.75) is 33.7 Å². The molecule has 96 valence electrons. The van der Waals surface area contributed by atoms with Crippen LogP contribution in [0.1, 0.15) is 26.5 Å². The van der Waals surface area contributed by atoms with Gasteiger partial charge in [0.05, 0.1) is 16.6 Å². The number of carboxylic acid groups (broad SMARTS) is 1. The van der Waals surface area contributed by atoms with Gasteiger partial charge in [-0.2, -0.15) is 5.10 Å². The molecule has 0 saturated carbocycles. The molecule has 0 unspecified atom stereocenters. The number of aromatic nitrogens is 2. The zero-order chi connectivity index (χ0) is 13.3. The molecule has 0 atom stereocenters. The number of benzene rings is 1. The van der Waals surface area contributed by atoms with Gasteiger partial charge in [-0.05, 0) is 26.8 Å². The molecule has 0 fully saturated rings. The highest BCUT2D eigenvalue weighted by Crippen LogP contribution is 2.26. The minimum absolute atomic E-state index is 0.440. The van der Waals surface area contributed by atoms with Gasteiger partial charge in [0.1, 0.15) is 0 Å². The number of rotatable bonds is 4. The van der Waals surface area contributed by atoms with Crippen LogP contribution in [0.25, 0.3) is 10.9 Å². The summed E-state index contributed by atoms with van der Waals surface area (Å²) in [5.74, 6) is -0.794. The molecule has 0 aliphatic rings. The van der Waals surface area contributed by atoms with Crippen molar-refractivity contribution >= 4 is 16.9 Å². The van der Waals surface area contributed by atoms with E-state index in [9.17, 15) is 9.90 Å². The third kappa shape index (κ3) is 2.10. The van der Waals surface area contributed by atoms with Crippen LogP contribution in [-0.4, -0.2) is 20.9 Å². The van der Waals surface area contributed by atoms with Crippen molar-refractivity contribution < 1.29 is 9.90 Å². The number of carboxylic acids is 1. The molecule has 4 heteroatoms. The van der Waals surface area contributed by atoms with Crippen LogP contribution in [0, 0.1) is 5.41 Å². The molecule has 0 radical (unpaired) electrons. The van der Waals surface area contributed by atoms with Crippen LogP contribution in [0.4, 0.5) is 0 Å². The zero-order valence-electron chi connectivity index (χ0n) is 11.0. The molecule has 1 N–H and O–H groups in total. The van der Waals surface area contributed by atoms with Crippen molar-refractivity contribution in [3.8, 4) is 0 Å². The van der Waals surface area contributed by atoms with Crippen molar-refractivity contribution in [3.05, 3.63) is 30.0 Å². The SMILES string of the molecule is CCn1nc(CC(C)(C)C(=O)O)c2ccccc21. The molecule has 2 aromatic rings. The van der Waals surface area contributed by atoms with Gasteiger partial charge >= 0.3 is 5.97 Å². The lowest BCUT2D eigenvalue weighted by atomic mass is 9.87. The molecule has 18 heavy (non-hydrogen) atoms. The van der Waals surface area contributed by atoms with Crippen LogP contribution in [0.3, 0.4) is 0 Å². The molecule has 0 aliphatic carbocycles. The molecule has 0 saturated heterocycles. The lowest BCUT2D eigenvalue weighted by Crippen LogP contribution is -2.26. The lowest BCUT2D eigenvalue weighted by molar-refractivity contribution is -0.146. The maximum Gasteiger partial charge on any atom is 0.309 e. The van der Waals surface area contributed by atoms with E-state index in [-0.39, 0.29) is 0 Å². The normalized spacial score (nSPS) is 11.9. The lowest BCUT2D eigenvalue weighted by Gasteiger charge is -2.17. The standard InChI is InChI=1S/C14H18N2O2/c1-4-16-12-8-6-5-7-10(12)11(15-16)9-14(2,3)13(17)18/h5-8H,4,9H2,1-3H3,(H,17,18). The average Bonchev–Trinajstić information content (AvgIpc) is 2.67. The molecule has 1 aromatic heterocycles. The maximum absolute atomic E-state index is 11.2. The van der Waals surface area contributed by atoms with Gasteiger partial charge in [0.2, 0.25) is 0 Å². The molecule has 1 aromatic carbocycles. The number of aliphatic carboxylic acids is 1. The van der Waals surface area contributed by atoms with Crippen molar-refractivity contribution in [1.29, 1.82) is 0 Å². The highest BCUT2D eigenvalue weighted by atomic mass is 16.4. The first-order valence-corrected chi connectivity index (χ1v) is 6.13. The van der Waals surface area contributed by atoms with Crippen LogP contribution >= 0.6 is 0 Å². The molecular weight excluding hydrogens is 228 g/mol. The van der Waals surface area contributed by atoms with E-state index in [0.717, 1.165) is 23.1 Å². The molecule has 1 heterocycles. The zero-order valence-corrected chi connectivity index (χ0v) is 11.0. The molecule has 0 amide bonds. The Labute approximate surface area is 106 Å². The second-order valence-electron chi connectivity index (χ2n) is 5.15. The minimum atomic E-state index is -0.796. The third-order valence-electron chi connectivity index (χ3n) is 3.22. The summed E-state index contributed by atoms with van der Waals surface area (Å²) in [6, 6.07) is 7.95. The number of para-hydroxylation sites is 1. The summed E-state index contributed by atoms with van der Waals surface area (Å²) in [6.07, 6.45) is 0.440. The second-order valence-corrected chi connectivity index (χ2v) is 5.15. The number of aryl methyl sites for hydroxylation is 1. The largest absolute Gasteiger partial charge is 0.481 e. The topological polar surface area (TPSA) is 55.1 Å². The van der Waals surface area contributed by atoms with E-state index in [2.05, 4.69) is 5.10 Å². The van der Waals surface area contributed by atoms with Gasteiger partial charge < -0.3 is 5.11 Å². The van der Waals surface area contributed by atoms with Crippen LogP contribution < -0.4 is 0 Å². The Hall–Kier alpha value is -1.84. The van der Waals surface area contributed by atoms with Gasteiger partial charge in [-0.25, -0.2) is 0 Å². The molecule has 4 nitrogen and oxygen atoms in total. The molecule has 0 aliphatic heterocycles. The fourth-order valence-electron chi connectivity index (χ4n) is 2.06. The average molecular weight is 246 g/mol. The van der Waals surface area contributed by atoms with Gasteiger partial charge in [-0.15, -0.1) is 0 Å². The van der Waals surface area contributed by atoms with E-state index in [1.165, 1.54) is 0 Å². The number of carbonyl (C=O) groups is 1. The Morgan fingerprint density at radius 1 is 1.39 bits per heavy atom. The predicted molar refractivity (Wildman–Crippen MR) is 70.5 cm³/mol. The Morgan fingerprint density at radius 3 is 2.67 bits per heavy atom. The fraction of sp³-hybridized carbons (Fsp3) is 0.429. The Balaban J connectivity index is 2.49. The van der Waals surface area contributed by atoms with Crippen molar-refractivity contribution in [1.82, 2.24) is 9.78 Å². The predicted octanol–water partition coefficient (Wildman–Crippen LogP) is 2.71. The van der Waals surface area contributed by atoms with Crippen LogP contribution in [0.2, 0.25) is 0 Å². The first-order valence-electron chi connectivity index (χ1n) is 6.13. The third-order valence-corrected chi connectivity index (χ3v) is 3.22. The van der Waals surface area contributed by atoms with Crippen LogP contribution in [0.5, 0.6) is 0 Å². The summed E-state index contributed by atoms with van der Waals surface area (Å²) in [6.45, 7) is 6.28. The van der Waals surface area contributed by atoms with E-state index in [4.69, 9.17) is 0 Å². The van der Waals surface area contributed by atoms with E-state index in [1.54, 1.807) is 13.8 Å². The maximum atomic E-state index is 11.2. The molecule has 0 bridgehead atoms. The quantitative estimate of drug-likeness (QED) is 0.902. The Bertz CT molecular complexity index is 584. The van der Waals surface area contributed by atoms with E-state index < -0.39 is 11.4 Å². The fourth-order valence-corrected chi connectivity index (χ4v) is 2.06. The Morgan fingerprint density at radius 2 is 2.06 bits per heavy atom. The van der Waals surface area contributed by atoms with E-state index in [1.807, 2.05) is 35.9 Å². The number of hydrogen-bond donors (Lipinski definition) is 1. The summed E-state index contributed by atoms with van der Waals surface area (Å²) < 4.78 is 1.92. The molecular formula is C14H18N2O2. The second kappa shape index (κ2) is 4.44. The van der Waals surface area contributed by atoms with Gasteiger partial charge in [0, 0.05) is 18.4 Å². The number of nitrogens with zero attached hydrogens (tertiary/aromatic N) is 2. The van der Waals surface area contributed by atoms with Gasteiger partial charge in [0.15, 0.2) is 0 Å². The number of hydrogen-bond acceptors (Lipinski definition) is 2. The van der Waals surface area contributed by atoms with Crippen LogP contribution in [-0.2, 0) is 17.8 Å². The molecule has 0 spiro atoms. The van der Waals surface area contributed by atoms with Crippen LogP contribution in [0.15, 0.2) is 24.3 Å². The molecule has 2 rings (SSSR count). The number of fused-ring (bicyclic) bond motifs is 1. The highest BCUT2D eigenvalue weighted by molar-refractivity contribution is 5.83. The first kappa shape index (κ1) is 12.6. The minimum Gasteiger partial charge on any atom is -0.481 e. The monoisotopic (exact) mass is 246 g/mol. The summed E-state index contributed by atoms with van der Waals surface area (Å²) in [4.78, 5) is 11.2. The highest BCUT2D eigenvalue weighted by Gasteiger charge is 2.29. The van der Waals surface area contributed by atoms with Gasteiger partial charge in [-0.1, -0.05) is 18.2 Å². The van der Waals surface area contributed by atoms with E-state index in [0.29, 0.717) is 6.42 Å². The van der Waals surface area contributed by atoms with E-state index >= 15 is 0 Å². The summed E-state index contributed by atoms with van der Waals surface area (Å²) in [5.41, 5.74) is 1.13. The summed E-state index contributed by atoms with van der Waals surface area (Å²) in [7, 11) is 0. The van der Waals surface area contributed by atoms with Crippen molar-refractivity contribution in [2.24, 2.45) is 5.41 Å². The van der Waals surface area contributed by atoms with Crippen molar-refractivity contribution in [2.75, 3.05) is 0 Å². The summed E-state index contributed by atoms with van der Waals surface area (Å²) in [5, 5.41) is 14.8. The van der Waals surface area contributed by atoms with Gasteiger partial charge in [-0.3, -0.25) is 9.48 Å². The van der Waals surface area contributed by atoms with Gasteiger partial charge in [0.25, 0.3) is 0 Å². The summed E-state index contributed by atoms with van der Waals surface area (Å²) >= 11 is 0. The first-order chi connectivity index (χ1) is 8.45. The smallest absolute Gasteiger partial charge is 0.309 e.